The molecule has 0 bridgehead atoms. The summed E-state index contributed by atoms with van der Waals surface area (Å²) < 4.78 is 31.0. The fourth-order valence-corrected chi connectivity index (χ4v) is 3.82. The van der Waals surface area contributed by atoms with Crippen LogP contribution in [-0.4, -0.2) is 25.7 Å². The highest BCUT2D eigenvalue weighted by atomic mass is 35.5. The van der Waals surface area contributed by atoms with Gasteiger partial charge < -0.3 is 24.8 Å². The molecule has 7 nitrogen and oxygen atoms in total. The third-order valence-corrected chi connectivity index (χ3v) is 5.49. The molecule has 0 saturated heterocycles. The molecule has 2 aromatic rings. The number of amides is 2. The van der Waals surface area contributed by atoms with Crippen molar-refractivity contribution < 1.29 is 28.2 Å². The summed E-state index contributed by atoms with van der Waals surface area (Å²) in [6, 6.07) is 8.09. The summed E-state index contributed by atoms with van der Waals surface area (Å²) in [6.07, 6.45) is 0. The van der Waals surface area contributed by atoms with Crippen LogP contribution in [0.4, 0.5) is 9.18 Å². The molecule has 1 aliphatic heterocycles. The van der Waals surface area contributed by atoms with Crippen LogP contribution in [0.5, 0.6) is 11.5 Å². The van der Waals surface area contributed by atoms with Crippen molar-refractivity contribution in [1.82, 2.24) is 10.6 Å². The molecule has 1 aliphatic rings. The van der Waals surface area contributed by atoms with E-state index in [0.717, 1.165) is 0 Å². The predicted octanol–water partition coefficient (Wildman–Crippen LogP) is 4.89. The smallest absolute Gasteiger partial charge is 0.338 e. The zero-order chi connectivity index (χ0) is 24.1. The Hall–Kier alpha value is -3.26. The molecule has 0 saturated carbocycles. The van der Waals surface area contributed by atoms with Gasteiger partial charge in [-0.2, -0.15) is 0 Å². The Morgan fingerprint density at radius 2 is 1.94 bits per heavy atom. The van der Waals surface area contributed by atoms with Gasteiger partial charge in [0.05, 0.1) is 30.4 Å². The molecule has 33 heavy (non-hydrogen) atoms. The lowest BCUT2D eigenvalue weighted by atomic mass is 9.90. The SMILES string of the molecule is CCOC(=O)C1=C(C(C)C)NC(=O)NC1c1cccc(OC)c1OCc1c(F)cccc1Cl. The molecule has 2 aromatic carbocycles. The second-order valence-corrected chi connectivity index (χ2v) is 8.01. The molecule has 1 atom stereocenters. The van der Waals surface area contributed by atoms with Gasteiger partial charge in [-0.05, 0) is 31.0 Å². The van der Waals surface area contributed by atoms with E-state index in [2.05, 4.69) is 10.6 Å². The maximum Gasteiger partial charge on any atom is 0.338 e. The predicted molar refractivity (Wildman–Crippen MR) is 122 cm³/mol. The van der Waals surface area contributed by atoms with Crippen molar-refractivity contribution >= 4 is 23.6 Å². The molecular weight excluding hydrogens is 451 g/mol. The molecule has 0 aromatic heterocycles. The summed E-state index contributed by atoms with van der Waals surface area (Å²) in [5, 5.41) is 5.71. The van der Waals surface area contributed by atoms with E-state index >= 15 is 0 Å². The number of methoxy groups -OCH3 is 1. The van der Waals surface area contributed by atoms with Crippen molar-refractivity contribution in [2.45, 2.75) is 33.4 Å². The van der Waals surface area contributed by atoms with Crippen LogP contribution in [0.2, 0.25) is 5.02 Å². The number of halogens is 2. The van der Waals surface area contributed by atoms with Crippen molar-refractivity contribution in [2.24, 2.45) is 5.92 Å². The summed E-state index contributed by atoms with van der Waals surface area (Å²) >= 11 is 6.15. The van der Waals surface area contributed by atoms with E-state index < -0.39 is 23.9 Å². The number of carbonyl (C=O) groups is 2. The number of nitrogens with one attached hydrogen (secondary N) is 2. The van der Waals surface area contributed by atoms with Crippen LogP contribution in [0.1, 0.15) is 37.9 Å². The number of allylic oxidation sites excluding steroid dienone is 1. The molecule has 176 valence electrons. The fraction of sp³-hybridized carbons (Fsp3) is 0.333. The summed E-state index contributed by atoms with van der Waals surface area (Å²) in [7, 11) is 1.46. The van der Waals surface area contributed by atoms with Gasteiger partial charge in [0.25, 0.3) is 0 Å². The first-order chi connectivity index (χ1) is 15.8. The lowest BCUT2D eigenvalue weighted by molar-refractivity contribution is -0.139. The molecule has 0 radical (unpaired) electrons. The van der Waals surface area contributed by atoms with E-state index in [-0.39, 0.29) is 41.0 Å². The lowest BCUT2D eigenvalue weighted by Gasteiger charge is -2.32. The van der Waals surface area contributed by atoms with Crippen LogP contribution in [0, 0.1) is 11.7 Å². The standard InChI is InChI=1S/C24H26ClFN2O5/c1-5-32-23(29)19-20(13(2)3)27-24(30)28-21(19)14-8-6-11-18(31-4)22(14)33-12-15-16(25)9-7-10-17(15)26/h6-11,13,21H,5,12H2,1-4H3,(H2,27,28,30). The van der Waals surface area contributed by atoms with Crippen molar-refractivity contribution in [2.75, 3.05) is 13.7 Å². The van der Waals surface area contributed by atoms with E-state index in [1.165, 1.54) is 19.2 Å². The van der Waals surface area contributed by atoms with Gasteiger partial charge in [-0.15, -0.1) is 0 Å². The largest absolute Gasteiger partial charge is 0.493 e. The molecule has 0 aliphatic carbocycles. The van der Waals surface area contributed by atoms with E-state index in [1.807, 2.05) is 13.8 Å². The minimum absolute atomic E-state index is 0.162. The maximum absolute atomic E-state index is 14.3. The number of urea groups is 1. The molecule has 9 heteroatoms. The average Bonchev–Trinajstić information content (AvgIpc) is 2.78. The van der Waals surface area contributed by atoms with Gasteiger partial charge in [0, 0.05) is 16.8 Å². The highest BCUT2D eigenvalue weighted by molar-refractivity contribution is 6.31. The molecule has 2 amide bonds. The Labute approximate surface area is 196 Å². The number of carbonyl (C=O) groups excluding carboxylic acids is 2. The third-order valence-electron chi connectivity index (χ3n) is 5.14. The normalized spacial score (nSPS) is 15.7. The zero-order valence-corrected chi connectivity index (χ0v) is 19.6. The van der Waals surface area contributed by atoms with Gasteiger partial charge in [-0.1, -0.05) is 43.6 Å². The number of ether oxygens (including phenoxy) is 3. The van der Waals surface area contributed by atoms with Crippen LogP contribution in [0.3, 0.4) is 0 Å². The highest BCUT2D eigenvalue weighted by Crippen LogP contribution is 2.40. The van der Waals surface area contributed by atoms with Crippen molar-refractivity contribution in [3.8, 4) is 11.5 Å². The van der Waals surface area contributed by atoms with Crippen LogP contribution in [-0.2, 0) is 16.1 Å². The molecule has 2 N–H and O–H groups in total. The highest BCUT2D eigenvalue weighted by Gasteiger charge is 2.36. The number of hydrogen-bond acceptors (Lipinski definition) is 5. The van der Waals surface area contributed by atoms with E-state index in [0.29, 0.717) is 17.0 Å². The first-order valence-electron chi connectivity index (χ1n) is 10.5. The quantitative estimate of drug-likeness (QED) is 0.529. The zero-order valence-electron chi connectivity index (χ0n) is 18.8. The van der Waals surface area contributed by atoms with Gasteiger partial charge in [0.15, 0.2) is 11.5 Å². The van der Waals surface area contributed by atoms with Gasteiger partial charge in [-0.3, -0.25) is 0 Å². The van der Waals surface area contributed by atoms with Crippen LogP contribution in [0.15, 0.2) is 47.7 Å². The van der Waals surface area contributed by atoms with Gasteiger partial charge >= 0.3 is 12.0 Å². The number of rotatable bonds is 8. The van der Waals surface area contributed by atoms with Crippen molar-refractivity contribution in [3.05, 3.63) is 69.6 Å². The van der Waals surface area contributed by atoms with Gasteiger partial charge in [0.2, 0.25) is 0 Å². The summed E-state index contributed by atoms with van der Waals surface area (Å²) in [5.74, 6) is -0.642. The number of benzene rings is 2. The van der Waals surface area contributed by atoms with E-state index in [4.69, 9.17) is 25.8 Å². The molecule has 1 heterocycles. The van der Waals surface area contributed by atoms with Crippen LogP contribution in [0.25, 0.3) is 0 Å². The van der Waals surface area contributed by atoms with Crippen molar-refractivity contribution in [1.29, 1.82) is 0 Å². The van der Waals surface area contributed by atoms with Gasteiger partial charge in [0.1, 0.15) is 12.4 Å². The second kappa shape index (κ2) is 10.6. The lowest BCUT2D eigenvalue weighted by Crippen LogP contribution is -2.47. The second-order valence-electron chi connectivity index (χ2n) is 7.60. The minimum Gasteiger partial charge on any atom is -0.493 e. The summed E-state index contributed by atoms with van der Waals surface area (Å²) in [4.78, 5) is 25.4. The molecular formula is C24H26ClFN2O5. The molecule has 0 spiro atoms. The molecule has 0 fully saturated rings. The number of esters is 1. The topological polar surface area (TPSA) is 85.9 Å². The van der Waals surface area contributed by atoms with E-state index in [1.54, 1.807) is 31.2 Å². The van der Waals surface area contributed by atoms with Crippen LogP contribution < -0.4 is 20.1 Å². The Bertz CT molecular complexity index is 1070. The van der Waals surface area contributed by atoms with Crippen molar-refractivity contribution in [3.63, 3.8) is 0 Å². The summed E-state index contributed by atoms with van der Waals surface area (Å²) in [5.41, 5.74) is 1.34. The Kier molecular flexibility index (Phi) is 7.81. The first-order valence-corrected chi connectivity index (χ1v) is 10.9. The minimum atomic E-state index is -0.878. The Morgan fingerprint density at radius 1 is 1.21 bits per heavy atom. The Balaban J connectivity index is 2.11. The number of para-hydroxylation sites is 1. The third kappa shape index (κ3) is 5.22. The van der Waals surface area contributed by atoms with Crippen LogP contribution >= 0.6 is 11.6 Å². The summed E-state index contributed by atoms with van der Waals surface area (Å²) in [6.45, 7) is 5.41. The van der Waals surface area contributed by atoms with E-state index in [9.17, 15) is 14.0 Å². The fourth-order valence-electron chi connectivity index (χ4n) is 3.60. The number of hydrogen-bond donors (Lipinski definition) is 2. The average molecular weight is 477 g/mol. The monoisotopic (exact) mass is 476 g/mol. The molecule has 1 unspecified atom stereocenters. The molecule has 3 rings (SSSR count). The Morgan fingerprint density at radius 3 is 2.58 bits per heavy atom. The first kappa shape index (κ1) is 24.4. The van der Waals surface area contributed by atoms with Gasteiger partial charge in [-0.25, -0.2) is 14.0 Å². The maximum atomic E-state index is 14.3.